The van der Waals surface area contributed by atoms with Crippen LogP contribution in [0.2, 0.25) is 0 Å². The molecule has 4 heteroatoms. The van der Waals surface area contributed by atoms with Crippen molar-refractivity contribution in [1.82, 2.24) is 0 Å². The zero-order valence-electron chi connectivity index (χ0n) is 13.7. The predicted molar refractivity (Wildman–Crippen MR) is 99.0 cm³/mol. The molecule has 0 aliphatic carbocycles. The zero-order chi connectivity index (χ0) is 18.4. The van der Waals surface area contributed by atoms with E-state index in [1.54, 1.807) is 6.21 Å². The molecule has 1 N–H and O–H groups in total. The molecule has 3 aromatic rings. The fraction of sp³-hybridized carbons (Fsp3) is 0. The molecule has 0 radical (unpaired) electrons. The van der Waals surface area contributed by atoms with Crippen molar-refractivity contribution in [3.05, 3.63) is 95.1 Å². The van der Waals surface area contributed by atoms with Gasteiger partial charge < -0.3 is 10.2 Å². The molecule has 0 aliphatic heterocycles. The summed E-state index contributed by atoms with van der Waals surface area (Å²) in [7, 11) is 0. The highest BCUT2D eigenvalue weighted by atomic mass is 16.4. The standard InChI is InChI=1S/C22H15NO3/c24-21-13-12-19(14-20(21)22(25)26)23-15-18-10-8-17(9-11-18)7-6-16-4-2-1-3-5-16/h1-5,8-15,24H,(H,25,26)/p-1. The summed E-state index contributed by atoms with van der Waals surface area (Å²) in [5.74, 6) is 4.40. The third-order valence-electron chi connectivity index (χ3n) is 3.59. The Hall–Kier alpha value is -3.84. The van der Waals surface area contributed by atoms with Gasteiger partial charge in [-0.2, -0.15) is 0 Å². The average molecular weight is 340 g/mol. The Balaban J connectivity index is 1.74. The van der Waals surface area contributed by atoms with Crippen LogP contribution in [0.3, 0.4) is 0 Å². The summed E-state index contributed by atoms with van der Waals surface area (Å²) in [4.78, 5) is 15.2. The molecule has 0 saturated carbocycles. The van der Waals surface area contributed by atoms with Gasteiger partial charge in [0.2, 0.25) is 0 Å². The van der Waals surface area contributed by atoms with Crippen molar-refractivity contribution in [3.63, 3.8) is 0 Å². The Kier molecular flexibility index (Phi) is 5.11. The topological polar surface area (TPSA) is 72.7 Å². The Morgan fingerprint density at radius 1 is 0.923 bits per heavy atom. The smallest absolute Gasteiger partial charge is 0.335 e. The molecule has 126 valence electrons. The number of rotatable bonds is 3. The number of benzene rings is 3. The van der Waals surface area contributed by atoms with Gasteiger partial charge in [-0.15, -0.1) is 0 Å². The van der Waals surface area contributed by atoms with E-state index >= 15 is 0 Å². The Morgan fingerprint density at radius 3 is 2.23 bits per heavy atom. The maximum absolute atomic E-state index is 11.4. The molecule has 4 nitrogen and oxygen atoms in total. The monoisotopic (exact) mass is 340 g/mol. The summed E-state index contributed by atoms with van der Waals surface area (Å²) in [6, 6.07) is 21.2. The molecule has 0 bridgehead atoms. The number of carbonyl (C=O) groups is 1. The number of nitrogens with zero attached hydrogens (tertiary/aromatic N) is 1. The van der Waals surface area contributed by atoms with Crippen LogP contribution in [0.5, 0.6) is 5.75 Å². The maximum atomic E-state index is 11.4. The molecule has 3 aromatic carbocycles. The number of hydrogen-bond acceptors (Lipinski definition) is 3. The van der Waals surface area contributed by atoms with Gasteiger partial charge in [0.1, 0.15) is 0 Å². The zero-order valence-corrected chi connectivity index (χ0v) is 13.7. The van der Waals surface area contributed by atoms with E-state index in [-0.39, 0.29) is 5.56 Å². The molecule has 0 amide bonds. The molecule has 0 heterocycles. The average Bonchev–Trinajstić information content (AvgIpc) is 2.67. The molecule has 3 rings (SSSR count). The van der Waals surface area contributed by atoms with E-state index in [0.29, 0.717) is 5.69 Å². The molecule has 0 atom stereocenters. The molecule has 0 spiro atoms. The third kappa shape index (κ3) is 4.37. The van der Waals surface area contributed by atoms with Crippen LogP contribution < -0.4 is 5.11 Å². The van der Waals surface area contributed by atoms with Gasteiger partial charge >= 0.3 is 5.97 Å². The second kappa shape index (κ2) is 7.82. The normalized spacial score (nSPS) is 10.3. The van der Waals surface area contributed by atoms with Gasteiger partial charge in [-0.25, -0.2) is 4.79 Å². The molecule has 0 aliphatic rings. The number of aromatic carboxylic acids is 1. The van der Waals surface area contributed by atoms with E-state index in [2.05, 4.69) is 16.8 Å². The highest BCUT2D eigenvalue weighted by Crippen LogP contribution is 2.21. The van der Waals surface area contributed by atoms with Gasteiger partial charge in [0.05, 0.1) is 11.3 Å². The molecule has 0 aromatic heterocycles. The predicted octanol–water partition coefficient (Wildman–Crippen LogP) is 3.61. The summed E-state index contributed by atoms with van der Waals surface area (Å²) < 4.78 is 0. The van der Waals surface area contributed by atoms with Crippen molar-refractivity contribution in [3.8, 4) is 17.6 Å². The van der Waals surface area contributed by atoms with Crippen molar-refractivity contribution >= 4 is 17.9 Å². The number of carboxylic acid groups (broad SMARTS) is 1. The van der Waals surface area contributed by atoms with Crippen LogP contribution in [0.1, 0.15) is 27.0 Å². The van der Waals surface area contributed by atoms with Crippen molar-refractivity contribution < 1.29 is 15.0 Å². The van der Waals surface area contributed by atoms with Gasteiger partial charge in [-0.05, 0) is 42.0 Å². The van der Waals surface area contributed by atoms with E-state index in [9.17, 15) is 9.90 Å². The van der Waals surface area contributed by atoms with Crippen molar-refractivity contribution in [2.75, 3.05) is 0 Å². The quantitative estimate of drug-likeness (QED) is 0.585. The maximum Gasteiger partial charge on any atom is 0.335 e. The number of hydrogen-bond donors (Lipinski definition) is 1. The molecule has 0 fully saturated rings. The Labute approximate surface area is 151 Å². The first-order valence-corrected chi connectivity index (χ1v) is 7.87. The summed E-state index contributed by atoms with van der Waals surface area (Å²) in [5, 5.41) is 20.4. The van der Waals surface area contributed by atoms with Crippen LogP contribution in [0.4, 0.5) is 5.69 Å². The van der Waals surface area contributed by atoms with E-state index in [0.717, 1.165) is 16.7 Å². The van der Waals surface area contributed by atoms with Gasteiger partial charge in [0.15, 0.2) is 0 Å². The molecule has 0 saturated heterocycles. The molecule has 26 heavy (non-hydrogen) atoms. The first-order valence-electron chi connectivity index (χ1n) is 7.87. The Bertz CT molecular complexity index is 1010. The first kappa shape index (κ1) is 17.0. The SMILES string of the molecule is O=C(O)c1cc(N=Cc2ccc(C#Cc3ccccc3)cc2)ccc1[O-]. The lowest BCUT2D eigenvalue weighted by Gasteiger charge is -2.09. The molecule has 0 unspecified atom stereocenters. The number of carboxylic acids is 1. The second-order valence-electron chi connectivity index (χ2n) is 5.48. The largest absolute Gasteiger partial charge is 0.872 e. The summed E-state index contributed by atoms with van der Waals surface area (Å²) in [6.45, 7) is 0. The van der Waals surface area contributed by atoms with Gasteiger partial charge in [0.25, 0.3) is 0 Å². The third-order valence-corrected chi connectivity index (χ3v) is 3.59. The number of aliphatic imine (C=N–C) groups is 1. The van der Waals surface area contributed by atoms with Gasteiger partial charge in [-0.1, -0.05) is 54.0 Å². The van der Waals surface area contributed by atoms with Crippen molar-refractivity contribution in [2.45, 2.75) is 0 Å². The lowest BCUT2D eigenvalue weighted by Crippen LogP contribution is -2.02. The Morgan fingerprint density at radius 2 is 1.58 bits per heavy atom. The molecular formula is C22H14NO3-. The lowest BCUT2D eigenvalue weighted by atomic mass is 10.1. The highest BCUT2D eigenvalue weighted by Gasteiger charge is 2.04. The summed E-state index contributed by atoms with van der Waals surface area (Å²) >= 11 is 0. The molecular weight excluding hydrogens is 326 g/mol. The van der Waals surface area contributed by atoms with Crippen LogP contribution in [0.15, 0.2) is 77.8 Å². The van der Waals surface area contributed by atoms with Crippen LogP contribution in [-0.4, -0.2) is 17.3 Å². The van der Waals surface area contributed by atoms with Crippen LogP contribution in [0, 0.1) is 11.8 Å². The van der Waals surface area contributed by atoms with Crippen LogP contribution in [-0.2, 0) is 0 Å². The van der Waals surface area contributed by atoms with Crippen LogP contribution >= 0.6 is 0 Å². The fourth-order valence-electron chi connectivity index (χ4n) is 2.23. The fourth-order valence-corrected chi connectivity index (χ4v) is 2.23. The summed E-state index contributed by atoms with van der Waals surface area (Å²) in [5.41, 5.74) is 2.81. The van der Waals surface area contributed by atoms with Crippen LogP contribution in [0.25, 0.3) is 0 Å². The second-order valence-corrected chi connectivity index (χ2v) is 5.48. The summed E-state index contributed by atoms with van der Waals surface area (Å²) in [6.07, 6.45) is 1.61. The van der Waals surface area contributed by atoms with E-state index < -0.39 is 11.7 Å². The minimum atomic E-state index is -1.26. The van der Waals surface area contributed by atoms with E-state index in [1.165, 1.54) is 18.2 Å². The minimum absolute atomic E-state index is 0.286. The van der Waals surface area contributed by atoms with Crippen molar-refractivity contribution in [1.29, 1.82) is 0 Å². The van der Waals surface area contributed by atoms with Crippen molar-refractivity contribution in [2.24, 2.45) is 4.99 Å². The first-order chi connectivity index (χ1) is 12.6. The lowest BCUT2D eigenvalue weighted by molar-refractivity contribution is -0.268. The highest BCUT2D eigenvalue weighted by molar-refractivity contribution is 5.92. The van der Waals surface area contributed by atoms with Gasteiger partial charge in [0, 0.05) is 17.3 Å². The van der Waals surface area contributed by atoms with E-state index in [4.69, 9.17) is 5.11 Å². The van der Waals surface area contributed by atoms with E-state index in [1.807, 2.05) is 54.6 Å². The van der Waals surface area contributed by atoms with Gasteiger partial charge in [-0.3, -0.25) is 4.99 Å². The minimum Gasteiger partial charge on any atom is -0.872 e.